The maximum absolute atomic E-state index is 14.2. The number of hydrogen-bond donors (Lipinski definition) is 0. The number of aromatic nitrogens is 4. The van der Waals surface area contributed by atoms with Crippen LogP contribution in [0.1, 0.15) is 35.5 Å². The average Bonchev–Trinajstić information content (AvgIpc) is 3.18. The molecule has 0 amide bonds. The van der Waals surface area contributed by atoms with Crippen LogP contribution in [-0.2, 0) is 5.41 Å². The van der Waals surface area contributed by atoms with Crippen molar-refractivity contribution in [3.63, 3.8) is 0 Å². The standard InChI is InChI=1S/C22H18F2N4O/c1-13-7-8-15(23)12-16(13)22(9-10-22)21-25-20(29-27-21)18-11-14(2)28(26-18)19-6-4-3-5-17(19)24/h3-8,11-12H,9-10H2,1-2H3. The molecule has 0 bridgehead atoms. The lowest BCUT2D eigenvalue weighted by Gasteiger charge is -2.14. The number of nitrogens with zero attached hydrogens (tertiary/aromatic N) is 4. The summed E-state index contributed by atoms with van der Waals surface area (Å²) >= 11 is 0. The summed E-state index contributed by atoms with van der Waals surface area (Å²) in [7, 11) is 0. The Kier molecular flexibility index (Phi) is 3.87. The lowest BCUT2D eigenvalue weighted by molar-refractivity contribution is 0.416. The highest BCUT2D eigenvalue weighted by atomic mass is 19.1. The Morgan fingerprint density at radius 1 is 1.03 bits per heavy atom. The zero-order valence-corrected chi connectivity index (χ0v) is 16.0. The quantitative estimate of drug-likeness (QED) is 0.496. The molecule has 7 heteroatoms. The third-order valence-corrected chi connectivity index (χ3v) is 5.51. The second kappa shape index (κ2) is 6.34. The maximum Gasteiger partial charge on any atom is 0.278 e. The van der Waals surface area contributed by atoms with Gasteiger partial charge >= 0.3 is 0 Å². The first-order valence-electron chi connectivity index (χ1n) is 9.41. The third kappa shape index (κ3) is 2.85. The van der Waals surface area contributed by atoms with Gasteiger partial charge in [-0.3, -0.25) is 0 Å². The molecule has 0 saturated heterocycles. The van der Waals surface area contributed by atoms with Crippen molar-refractivity contribution in [1.82, 2.24) is 19.9 Å². The van der Waals surface area contributed by atoms with Crippen LogP contribution in [0.3, 0.4) is 0 Å². The molecular weight excluding hydrogens is 374 g/mol. The van der Waals surface area contributed by atoms with Crippen LogP contribution in [0.5, 0.6) is 0 Å². The van der Waals surface area contributed by atoms with E-state index >= 15 is 0 Å². The summed E-state index contributed by atoms with van der Waals surface area (Å²) in [5.74, 6) is 0.146. The minimum absolute atomic E-state index is 0.263. The van der Waals surface area contributed by atoms with Gasteiger partial charge in [-0.1, -0.05) is 23.4 Å². The van der Waals surface area contributed by atoms with Crippen molar-refractivity contribution in [2.24, 2.45) is 0 Å². The van der Waals surface area contributed by atoms with Crippen LogP contribution in [0.2, 0.25) is 0 Å². The van der Waals surface area contributed by atoms with Crippen molar-refractivity contribution >= 4 is 0 Å². The van der Waals surface area contributed by atoms with Crippen LogP contribution >= 0.6 is 0 Å². The summed E-state index contributed by atoms with van der Waals surface area (Å²) in [6.45, 7) is 3.79. The Bertz CT molecular complexity index is 1220. The van der Waals surface area contributed by atoms with E-state index in [-0.39, 0.29) is 17.5 Å². The number of hydrogen-bond acceptors (Lipinski definition) is 4. The van der Waals surface area contributed by atoms with Crippen LogP contribution in [-0.4, -0.2) is 19.9 Å². The Labute approximate surface area is 166 Å². The molecular formula is C22H18F2N4O. The van der Waals surface area contributed by atoms with Gasteiger partial charge in [-0.05, 0) is 68.1 Å². The fraction of sp³-hybridized carbons (Fsp3) is 0.227. The van der Waals surface area contributed by atoms with Crippen LogP contribution in [0, 0.1) is 25.5 Å². The van der Waals surface area contributed by atoms with Gasteiger partial charge < -0.3 is 4.52 Å². The first-order chi connectivity index (χ1) is 14.0. The molecule has 1 aliphatic rings. The number of halogens is 2. The van der Waals surface area contributed by atoms with E-state index in [9.17, 15) is 8.78 Å². The summed E-state index contributed by atoms with van der Waals surface area (Å²) < 4.78 is 35.0. The van der Waals surface area contributed by atoms with Gasteiger partial charge in [0.1, 0.15) is 17.3 Å². The number of benzene rings is 2. The highest BCUT2D eigenvalue weighted by molar-refractivity contribution is 5.51. The highest BCUT2D eigenvalue weighted by Gasteiger charge is 2.51. The van der Waals surface area contributed by atoms with E-state index in [2.05, 4.69) is 15.2 Å². The molecule has 0 spiro atoms. The van der Waals surface area contributed by atoms with Crippen molar-refractivity contribution in [2.75, 3.05) is 0 Å². The summed E-state index contributed by atoms with van der Waals surface area (Å²) in [6.07, 6.45) is 1.66. The normalized spacial score (nSPS) is 14.9. The molecule has 2 heterocycles. The molecule has 1 fully saturated rings. The minimum Gasteiger partial charge on any atom is -0.332 e. The average molecular weight is 392 g/mol. The molecule has 5 rings (SSSR count). The summed E-state index contributed by atoms with van der Waals surface area (Å²) in [5.41, 5.74) is 3.03. The van der Waals surface area contributed by atoms with E-state index in [1.165, 1.54) is 16.8 Å². The van der Waals surface area contributed by atoms with Gasteiger partial charge in [-0.25, -0.2) is 13.5 Å². The van der Waals surface area contributed by atoms with Gasteiger partial charge in [0.05, 0.1) is 5.41 Å². The predicted molar refractivity (Wildman–Crippen MR) is 103 cm³/mol. The van der Waals surface area contributed by atoms with E-state index in [0.717, 1.165) is 29.7 Å². The number of aryl methyl sites for hydroxylation is 2. The molecule has 1 saturated carbocycles. The molecule has 29 heavy (non-hydrogen) atoms. The van der Waals surface area contributed by atoms with Gasteiger partial charge in [-0.15, -0.1) is 0 Å². The lowest BCUT2D eigenvalue weighted by Crippen LogP contribution is -2.13. The zero-order chi connectivity index (χ0) is 20.2. The van der Waals surface area contributed by atoms with Crippen LogP contribution < -0.4 is 0 Å². The van der Waals surface area contributed by atoms with Crippen molar-refractivity contribution in [1.29, 1.82) is 0 Å². The van der Waals surface area contributed by atoms with Crippen LogP contribution in [0.4, 0.5) is 8.78 Å². The summed E-state index contributed by atoms with van der Waals surface area (Å²) in [6, 6.07) is 13.0. The Morgan fingerprint density at radius 2 is 1.83 bits per heavy atom. The first kappa shape index (κ1) is 17.7. The van der Waals surface area contributed by atoms with Gasteiger partial charge in [-0.2, -0.15) is 10.1 Å². The Balaban J connectivity index is 1.53. The van der Waals surface area contributed by atoms with Crippen LogP contribution in [0.25, 0.3) is 17.3 Å². The van der Waals surface area contributed by atoms with E-state index < -0.39 is 5.41 Å². The second-order valence-corrected chi connectivity index (χ2v) is 7.50. The van der Waals surface area contributed by atoms with Gasteiger partial charge in [0, 0.05) is 5.69 Å². The monoisotopic (exact) mass is 392 g/mol. The number of para-hydroxylation sites is 1. The van der Waals surface area contributed by atoms with Gasteiger partial charge in [0.15, 0.2) is 11.5 Å². The smallest absolute Gasteiger partial charge is 0.278 e. The maximum atomic E-state index is 14.2. The van der Waals surface area contributed by atoms with Crippen LogP contribution in [0.15, 0.2) is 53.1 Å². The van der Waals surface area contributed by atoms with Crippen molar-refractivity contribution in [3.05, 3.63) is 82.8 Å². The van der Waals surface area contributed by atoms with E-state index in [1.807, 2.05) is 13.8 Å². The Morgan fingerprint density at radius 3 is 2.59 bits per heavy atom. The molecule has 2 aromatic heterocycles. The Hall–Kier alpha value is -3.35. The molecule has 0 unspecified atom stereocenters. The minimum atomic E-state index is -0.420. The van der Waals surface area contributed by atoms with Crippen molar-refractivity contribution < 1.29 is 13.3 Å². The topological polar surface area (TPSA) is 56.7 Å². The SMILES string of the molecule is Cc1ccc(F)cc1C1(c2noc(-c3cc(C)n(-c4ccccc4F)n3)n2)CC1. The third-order valence-electron chi connectivity index (χ3n) is 5.51. The molecule has 1 aliphatic carbocycles. The molecule has 2 aromatic carbocycles. The fourth-order valence-corrected chi connectivity index (χ4v) is 3.82. The van der Waals surface area contributed by atoms with E-state index in [4.69, 9.17) is 4.52 Å². The van der Waals surface area contributed by atoms with E-state index in [1.54, 1.807) is 36.4 Å². The summed E-state index contributed by atoms with van der Waals surface area (Å²) in [5, 5.41) is 8.62. The summed E-state index contributed by atoms with van der Waals surface area (Å²) in [4.78, 5) is 4.56. The predicted octanol–water partition coefficient (Wildman–Crippen LogP) is 4.90. The number of rotatable bonds is 4. The molecule has 0 N–H and O–H groups in total. The second-order valence-electron chi connectivity index (χ2n) is 7.50. The van der Waals surface area contributed by atoms with Crippen molar-refractivity contribution in [2.45, 2.75) is 32.1 Å². The molecule has 0 aliphatic heterocycles. The van der Waals surface area contributed by atoms with E-state index in [0.29, 0.717) is 17.2 Å². The molecule has 0 radical (unpaired) electrons. The van der Waals surface area contributed by atoms with Gasteiger partial charge in [0.25, 0.3) is 5.89 Å². The molecule has 0 atom stereocenters. The van der Waals surface area contributed by atoms with Gasteiger partial charge in [0.2, 0.25) is 0 Å². The highest BCUT2D eigenvalue weighted by Crippen LogP contribution is 2.53. The fourth-order valence-electron chi connectivity index (χ4n) is 3.82. The first-order valence-corrected chi connectivity index (χ1v) is 9.41. The largest absolute Gasteiger partial charge is 0.332 e. The van der Waals surface area contributed by atoms with Crippen molar-refractivity contribution in [3.8, 4) is 17.3 Å². The zero-order valence-electron chi connectivity index (χ0n) is 16.0. The molecule has 4 aromatic rings. The molecule has 5 nitrogen and oxygen atoms in total. The molecule has 146 valence electrons. The lowest BCUT2D eigenvalue weighted by atomic mass is 9.91.